The molecule has 0 aromatic rings. The van der Waals surface area contributed by atoms with Crippen LogP contribution in [-0.4, -0.2) is 96.7 Å². The van der Waals surface area contributed by atoms with E-state index in [1.165, 1.54) is 283 Å². The van der Waals surface area contributed by atoms with Crippen LogP contribution in [0.3, 0.4) is 0 Å². The molecule has 0 heterocycles. The van der Waals surface area contributed by atoms with E-state index in [0.29, 0.717) is 25.7 Å². The number of phosphoric ester groups is 2. The number of rotatable bonds is 86. The second kappa shape index (κ2) is 78.7. The van der Waals surface area contributed by atoms with Gasteiger partial charge in [0, 0.05) is 25.7 Å². The lowest BCUT2D eigenvalue weighted by molar-refractivity contribution is -0.161. The second-order valence-electron chi connectivity index (χ2n) is 31.4. The molecule has 0 radical (unpaired) electrons. The number of phosphoric acid groups is 2. The fourth-order valence-corrected chi connectivity index (χ4v) is 15.1. The molecule has 0 saturated heterocycles. The fourth-order valence-electron chi connectivity index (χ4n) is 13.5. The maximum Gasteiger partial charge on any atom is 0.472 e. The largest absolute Gasteiger partial charge is 0.472 e. The lowest BCUT2D eigenvalue weighted by Gasteiger charge is -2.21. The van der Waals surface area contributed by atoms with Gasteiger partial charge in [0.2, 0.25) is 0 Å². The number of carbonyl (C=O) groups excluding carboxylic acids is 4. The fraction of sp³-hybridized carbons (Fsp3) is 0.953. The van der Waals surface area contributed by atoms with Gasteiger partial charge >= 0.3 is 39.5 Å². The predicted octanol–water partition coefficient (Wildman–Crippen LogP) is 26.4. The van der Waals surface area contributed by atoms with E-state index in [9.17, 15) is 43.2 Å². The summed E-state index contributed by atoms with van der Waals surface area (Å²) in [5.74, 6) is -1.34. The van der Waals surface area contributed by atoms with Gasteiger partial charge in [0.05, 0.1) is 26.4 Å². The Bertz CT molecular complexity index is 2000. The highest BCUT2D eigenvalue weighted by Crippen LogP contribution is 2.45. The van der Waals surface area contributed by atoms with Crippen LogP contribution in [0.25, 0.3) is 0 Å². The van der Waals surface area contributed by atoms with Crippen molar-refractivity contribution in [2.45, 2.75) is 483 Å². The van der Waals surface area contributed by atoms with Crippen LogP contribution < -0.4 is 0 Å². The zero-order chi connectivity index (χ0) is 76.9. The number of carbonyl (C=O) groups is 4. The first-order valence-electron chi connectivity index (χ1n) is 44.6. The van der Waals surface area contributed by atoms with E-state index in [1.54, 1.807) is 0 Å². The van der Waals surface area contributed by atoms with Crippen LogP contribution >= 0.6 is 15.6 Å². The first-order valence-corrected chi connectivity index (χ1v) is 47.6. The van der Waals surface area contributed by atoms with Gasteiger partial charge in [0.25, 0.3) is 0 Å². The van der Waals surface area contributed by atoms with Crippen LogP contribution in [0.1, 0.15) is 465 Å². The molecule has 105 heavy (non-hydrogen) atoms. The van der Waals surface area contributed by atoms with E-state index in [1.807, 2.05) is 0 Å². The van der Waals surface area contributed by atoms with Gasteiger partial charge in [-0.1, -0.05) is 413 Å². The summed E-state index contributed by atoms with van der Waals surface area (Å²) >= 11 is 0. The van der Waals surface area contributed by atoms with Crippen molar-refractivity contribution < 1.29 is 80.2 Å². The van der Waals surface area contributed by atoms with Crippen LogP contribution in [0.5, 0.6) is 0 Å². The average molecular weight is 1540 g/mol. The summed E-state index contributed by atoms with van der Waals surface area (Å²) in [4.78, 5) is 73.1. The third-order valence-electron chi connectivity index (χ3n) is 20.3. The molecular weight excluding hydrogens is 1370 g/mol. The molecular formula is C86H168O17P2. The monoisotopic (exact) mass is 1540 g/mol. The molecule has 0 spiro atoms. The smallest absolute Gasteiger partial charge is 0.462 e. The number of aliphatic hydroxyl groups excluding tert-OH is 1. The highest BCUT2D eigenvalue weighted by Gasteiger charge is 2.30. The zero-order valence-electron chi connectivity index (χ0n) is 68.9. The Kier molecular flexibility index (Phi) is 77.3. The topological polar surface area (TPSA) is 237 Å². The minimum atomic E-state index is -4.96. The third-order valence-corrected chi connectivity index (χ3v) is 22.2. The Morgan fingerprint density at radius 2 is 0.438 bits per heavy atom. The van der Waals surface area contributed by atoms with Crippen molar-refractivity contribution in [1.82, 2.24) is 0 Å². The number of ether oxygens (including phenoxy) is 4. The van der Waals surface area contributed by atoms with Crippen LogP contribution in [0.15, 0.2) is 0 Å². The Balaban J connectivity index is 5.17. The van der Waals surface area contributed by atoms with Crippen LogP contribution in [0, 0.1) is 5.92 Å². The quantitative estimate of drug-likeness (QED) is 0.0222. The van der Waals surface area contributed by atoms with Gasteiger partial charge in [0.1, 0.15) is 19.3 Å². The molecule has 0 saturated carbocycles. The summed E-state index contributed by atoms with van der Waals surface area (Å²) < 4.78 is 68.8. The molecule has 0 aliphatic carbocycles. The lowest BCUT2D eigenvalue weighted by Crippen LogP contribution is -2.30. The molecule has 624 valence electrons. The van der Waals surface area contributed by atoms with Crippen LogP contribution in [0.4, 0.5) is 0 Å². The van der Waals surface area contributed by atoms with Crippen molar-refractivity contribution in [3.63, 3.8) is 0 Å². The predicted molar refractivity (Wildman–Crippen MR) is 432 cm³/mol. The summed E-state index contributed by atoms with van der Waals surface area (Å²) in [6.45, 7) is 7.32. The van der Waals surface area contributed by atoms with E-state index in [4.69, 9.17) is 37.0 Å². The van der Waals surface area contributed by atoms with Crippen molar-refractivity contribution >= 4 is 39.5 Å². The normalized spacial score (nSPS) is 13.8. The van der Waals surface area contributed by atoms with Gasteiger partial charge in [-0.2, -0.15) is 0 Å². The summed E-state index contributed by atoms with van der Waals surface area (Å²) in [7, 11) is -9.92. The minimum Gasteiger partial charge on any atom is -0.462 e. The van der Waals surface area contributed by atoms with Gasteiger partial charge in [-0.05, 0) is 31.6 Å². The van der Waals surface area contributed by atoms with Crippen molar-refractivity contribution in [2.75, 3.05) is 39.6 Å². The highest BCUT2D eigenvalue weighted by atomic mass is 31.2. The molecule has 17 nitrogen and oxygen atoms in total. The first-order chi connectivity index (χ1) is 51.0. The Morgan fingerprint density at radius 3 is 0.648 bits per heavy atom. The molecule has 0 aliphatic rings. The van der Waals surface area contributed by atoms with E-state index >= 15 is 0 Å². The number of esters is 4. The standard InChI is InChI=1S/C86H168O17P2/c1-6-9-12-15-18-21-23-25-27-29-31-33-35-37-39-41-43-47-51-56-61-66-71-85(90)103-82(76-97-84(89)70-65-60-55-50-46-42-40-38-36-34-32-30-28-26-24-22-19-16-13-10-7-2)78-101-105(94,95)99-74-80(87)73-98-104(92,93)100-77-81(75-96-83(88)69-64-59-54-20-17-14-11-8-3)102-86(91)72-67-62-57-52-48-44-45-49-53-58-63-68-79(4)5/h79-82,87H,6-78H2,1-5H3,(H,92,93)(H,94,95)/t80-,81+,82+/m0/s1. The Hall–Kier alpha value is -1.94. The average Bonchev–Trinajstić information content (AvgIpc) is 0.915. The molecule has 0 rings (SSSR count). The van der Waals surface area contributed by atoms with Crippen LogP contribution in [0.2, 0.25) is 0 Å². The Morgan fingerprint density at radius 1 is 0.257 bits per heavy atom. The van der Waals surface area contributed by atoms with Gasteiger partial charge in [-0.25, -0.2) is 9.13 Å². The summed E-state index contributed by atoms with van der Waals surface area (Å²) in [6, 6.07) is 0. The van der Waals surface area contributed by atoms with Gasteiger partial charge in [-0.3, -0.25) is 37.3 Å². The maximum atomic E-state index is 13.1. The second-order valence-corrected chi connectivity index (χ2v) is 34.3. The molecule has 0 aliphatic heterocycles. The number of aliphatic hydroxyl groups is 1. The molecule has 0 aromatic carbocycles. The SMILES string of the molecule is CCCCCCCCCCCCCCCCCCCCCCCCC(=O)O[C@H](COC(=O)CCCCCCCCCCCCCCCCCCCCCCC)COP(=O)(O)OC[C@@H](O)COP(=O)(O)OC[C@@H](COC(=O)CCCCCCCCCC)OC(=O)CCCCCCCCCCCCCC(C)C. The van der Waals surface area contributed by atoms with E-state index in [2.05, 4.69) is 34.6 Å². The summed E-state index contributed by atoms with van der Waals surface area (Å²) in [6.07, 6.45) is 72.5. The number of hydrogen-bond donors (Lipinski definition) is 3. The van der Waals surface area contributed by atoms with Crippen molar-refractivity contribution in [3.8, 4) is 0 Å². The Labute approximate surface area is 645 Å². The van der Waals surface area contributed by atoms with Crippen LogP contribution in [-0.2, 0) is 65.4 Å². The van der Waals surface area contributed by atoms with E-state index in [0.717, 1.165) is 102 Å². The highest BCUT2D eigenvalue weighted by molar-refractivity contribution is 7.47. The maximum absolute atomic E-state index is 13.1. The lowest BCUT2D eigenvalue weighted by atomic mass is 10.0. The molecule has 3 N–H and O–H groups in total. The molecule has 0 aromatic heterocycles. The summed E-state index contributed by atoms with van der Waals surface area (Å²) in [5.41, 5.74) is 0. The molecule has 19 heteroatoms. The van der Waals surface area contributed by atoms with Gasteiger partial charge < -0.3 is 33.8 Å². The zero-order valence-corrected chi connectivity index (χ0v) is 70.7. The third kappa shape index (κ3) is 79.9. The van der Waals surface area contributed by atoms with Crippen molar-refractivity contribution in [3.05, 3.63) is 0 Å². The van der Waals surface area contributed by atoms with Gasteiger partial charge in [0.15, 0.2) is 12.2 Å². The summed E-state index contributed by atoms with van der Waals surface area (Å²) in [5, 5.41) is 10.7. The molecule has 5 atom stereocenters. The van der Waals surface area contributed by atoms with Crippen molar-refractivity contribution in [2.24, 2.45) is 5.92 Å². The van der Waals surface area contributed by atoms with Crippen molar-refractivity contribution in [1.29, 1.82) is 0 Å². The molecule has 0 bridgehead atoms. The van der Waals surface area contributed by atoms with E-state index < -0.39 is 97.5 Å². The minimum absolute atomic E-state index is 0.107. The van der Waals surface area contributed by atoms with E-state index in [-0.39, 0.29) is 25.7 Å². The first kappa shape index (κ1) is 103. The van der Waals surface area contributed by atoms with Gasteiger partial charge in [-0.15, -0.1) is 0 Å². The molecule has 2 unspecified atom stereocenters. The number of hydrogen-bond acceptors (Lipinski definition) is 15. The number of unbranched alkanes of at least 4 members (excludes halogenated alkanes) is 58. The molecule has 0 amide bonds. The molecule has 0 fully saturated rings.